The molecule has 0 N–H and O–H groups in total. The smallest absolute Gasteiger partial charge is 0.0635 e. The molecule has 1 aliphatic heterocycles. The Labute approximate surface area is 137 Å². The predicted molar refractivity (Wildman–Crippen MR) is 96.0 cm³/mol. The van der Waals surface area contributed by atoms with E-state index in [-0.39, 0.29) is 11.0 Å². The molecule has 130 valence electrons. The summed E-state index contributed by atoms with van der Waals surface area (Å²) in [5.74, 6) is 0. The lowest BCUT2D eigenvalue weighted by Gasteiger charge is -2.44. The second-order valence-corrected chi connectivity index (χ2v) is 7.55. The van der Waals surface area contributed by atoms with Crippen LogP contribution in [-0.2, 0) is 4.74 Å². The topological polar surface area (TPSA) is 28.1 Å². The number of aliphatic imine (C=N–C) groups is 1. The Hall–Kier alpha value is -0.450. The van der Waals surface area contributed by atoms with Crippen LogP contribution in [0.25, 0.3) is 0 Å². The highest BCUT2D eigenvalue weighted by Crippen LogP contribution is 2.38. The van der Waals surface area contributed by atoms with Gasteiger partial charge in [0.05, 0.1) is 5.60 Å². The number of hydrogen-bond acceptors (Lipinski definition) is 4. The highest BCUT2D eigenvalue weighted by atomic mass is 16.5. The minimum absolute atomic E-state index is 0.0402. The van der Waals surface area contributed by atoms with Gasteiger partial charge < -0.3 is 14.5 Å². The summed E-state index contributed by atoms with van der Waals surface area (Å²) in [6.07, 6.45) is 5.53. The van der Waals surface area contributed by atoms with Crippen molar-refractivity contribution in [3.8, 4) is 0 Å². The Morgan fingerprint density at radius 1 is 1.18 bits per heavy atom. The molecule has 0 aliphatic carbocycles. The molecule has 1 fully saturated rings. The zero-order valence-corrected chi connectivity index (χ0v) is 15.7. The Morgan fingerprint density at radius 2 is 1.86 bits per heavy atom. The summed E-state index contributed by atoms with van der Waals surface area (Å²) in [5.41, 5.74) is 0.127. The molecular weight excluding hydrogens is 274 g/mol. The first-order chi connectivity index (χ1) is 10.3. The van der Waals surface area contributed by atoms with E-state index in [1.807, 2.05) is 0 Å². The minimum atomic E-state index is -0.0402. The zero-order chi connectivity index (χ0) is 16.6. The van der Waals surface area contributed by atoms with Crippen LogP contribution in [0.1, 0.15) is 47.0 Å². The summed E-state index contributed by atoms with van der Waals surface area (Å²) < 4.78 is 5.90. The van der Waals surface area contributed by atoms with Gasteiger partial charge in [-0.3, -0.25) is 4.99 Å². The van der Waals surface area contributed by atoms with Gasteiger partial charge >= 0.3 is 0 Å². The molecule has 0 unspecified atom stereocenters. The summed E-state index contributed by atoms with van der Waals surface area (Å²) in [7, 11) is 4.30. The van der Waals surface area contributed by atoms with E-state index in [1.54, 1.807) is 0 Å². The molecule has 0 radical (unpaired) electrons. The number of ether oxygens (including phenoxy) is 1. The number of nitrogens with zero attached hydrogens (tertiary/aromatic N) is 3. The van der Waals surface area contributed by atoms with Gasteiger partial charge in [-0.05, 0) is 66.8 Å². The van der Waals surface area contributed by atoms with Crippen LogP contribution >= 0.6 is 0 Å². The van der Waals surface area contributed by atoms with Gasteiger partial charge in [0.2, 0.25) is 0 Å². The van der Waals surface area contributed by atoms with Crippen molar-refractivity contribution < 1.29 is 4.74 Å². The molecule has 1 heterocycles. The van der Waals surface area contributed by atoms with Crippen LogP contribution in [0.4, 0.5) is 0 Å². The molecule has 0 aromatic heterocycles. The maximum Gasteiger partial charge on any atom is 0.0635 e. The van der Waals surface area contributed by atoms with Crippen molar-refractivity contribution in [3.05, 3.63) is 0 Å². The first-order valence-corrected chi connectivity index (χ1v) is 8.84. The first kappa shape index (κ1) is 19.6. The fourth-order valence-electron chi connectivity index (χ4n) is 3.62. The van der Waals surface area contributed by atoms with Crippen LogP contribution in [0.2, 0.25) is 0 Å². The molecule has 0 aromatic carbocycles. The quantitative estimate of drug-likeness (QED) is 0.484. The van der Waals surface area contributed by atoms with Crippen molar-refractivity contribution in [3.63, 3.8) is 0 Å². The summed E-state index contributed by atoms with van der Waals surface area (Å²) in [6, 6.07) is 0. The summed E-state index contributed by atoms with van der Waals surface area (Å²) in [6.45, 7) is 15.1. The second-order valence-electron chi connectivity index (χ2n) is 7.55. The molecule has 0 spiro atoms. The molecule has 0 amide bonds. The van der Waals surface area contributed by atoms with E-state index in [9.17, 15) is 0 Å². The second kappa shape index (κ2) is 8.99. The van der Waals surface area contributed by atoms with Gasteiger partial charge in [0.1, 0.15) is 0 Å². The van der Waals surface area contributed by atoms with Gasteiger partial charge in [-0.1, -0.05) is 13.8 Å². The van der Waals surface area contributed by atoms with Crippen LogP contribution < -0.4 is 0 Å². The van der Waals surface area contributed by atoms with E-state index < -0.39 is 0 Å². The third kappa shape index (κ3) is 6.76. The average molecular weight is 312 g/mol. The largest absolute Gasteiger partial charge is 0.376 e. The third-order valence-electron chi connectivity index (χ3n) is 4.52. The molecule has 22 heavy (non-hydrogen) atoms. The highest BCUT2D eigenvalue weighted by Gasteiger charge is 2.40. The predicted octanol–water partition coefficient (Wildman–Crippen LogP) is 2.93. The summed E-state index contributed by atoms with van der Waals surface area (Å²) in [5, 5.41) is 0. The molecular formula is C18H37N3O. The van der Waals surface area contributed by atoms with Crippen molar-refractivity contribution in [1.82, 2.24) is 9.80 Å². The molecule has 0 bridgehead atoms. The van der Waals surface area contributed by atoms with Crippen molar-refractivity contribution in [2.75, 3.05) is 53.4 Å². The van der Waals surface area contributed by atoms with Crippen molar-refractivity contribution in [2.45, 2.75) is 52.6 Å². The monoisotopic (exact) mass is 311 g/mol. The van der Waals surface area contributed by atoms with Gasteiger partial charge in [0, 0.05) is 31.3 Å². The molecule has 0 aromatic rings. The number of hydrogen-bond donors (Lipinski definition) is 0. The highest BCUT2D eigenvalue weighted by molar-refractivity contribution is 5.66. The van der Waals surface area contributed by atoms with Gasteiger partial charge in [-0.2, -0.15) is 0 Å². The van der Waals surface area contributed by atoms with E-state index in [4.69, 9.17) is 9.73 Å². The van der Waals surface area contributed by atoms with Crippen molar-refractivity contribution >= 4 is 6.21 Å². The van der Waals surface area contributed by atoms with Crippen LogP contribution in [0.3, 0.4) is 0 Å². The lowest BCUT2D eigenvalue weighted by Crippen LogP contribution is -2.47. The van der Waals surface area contributed by atoms with E-state index in [0.29, 0.717) is 0 Å². The maximum atomic E-state index is 5.90. The Balaban J connectivity index is 2.56. The lowest BCUT2D eigenvalue weighted by atomic mass is 9.74. The van der Waals surface area contributed by atoms with Gasteiger partial charge in [-0.15, -0.1) is 0 Å². The lowest BCUT2D eigenvalue weighted by molar-refractivity contribution is -0.0887. The Bertz CT molecular complexity index is 337. The Kier molecular flexibility index (Phi) is 8.01. The zero-order valence-electron chi connectivity index (χ0n) is 15.7. The Morgan fingerprint density at radius 3 is 2.41 bits per heavy atom. The van der Waals surface area contributed by atoms with E-state index in [0.717, 1.165) is 58.6 Å². The van der Waals surface area contributed by atoms with E-state index in [2.05, 4.69) is 57.8 Å². The molecule has 1 saturated heterocycles. The van der Waals surface area contributed by atoms with E-state index in [1.165, 1.54) is 0 Å². The summed E-state index contributed by atoms with van der Waals surface area (Å²) in [4.78, 5) is 9.53. The fourth-order valence-corrected chi connectivity index (χ4v) is 3.62. The average Bonchev–Trinajstić information content (AvgIpc) is 2.41. The van der Waals surface area contributed by atoms with Gasteiger partial charge in [-0.25, -0.2) is 0 Å². The molecule has 1 rings (SSSR count). The first-order valence-electron chi connectivity index (χ1n) is 8.84. The minimum Gasteiger partial charge on any atom is -0.376 e. The number of rotatable bonds is 9. The van der Waals surface area contributed by atoms with Crippen LogP contribution in [0.5, 0.6) is 0 Å². The molecule has 4 nitrogen and oxygen atoms in total. The fraction of sp³-hybridized carbons (Fsp3) is 0.944. The van der Waals surface area contributed by atoms with E-state index >= 15 is 0 Å². The molecule has 1 aliphatic rings. The van der Waals surface area contributed by atoms with Crippen LogP contribution in [0, 0.1) is 5.41 Å². The van der Waals surface area contributed by atoms with Crippen LogP contribution in [0.15, 0.2) is 4.99 Å². The molecule has 4 heteroatoms. The molecule has 0 saturated carbocycles. The molecule has 1 atom stereocenters. The summed E-state index contributed by atoms with van der Waals surface area (Å²) >= 11 is 0. The normalized spacial score (nSPS) is 25.5. The third-order valence-corrected chi connectivity index (χ3v) is 4.52. The van der Waals surface area contributed by atoms with Gasteiger partial charge in [0.15, 0.2) is 0 Å². The van der Waals surface area contributed by atoms with Gasteiger partial charge in [0.25, 0.3) is 0 Å². The van der Waals surface area contributed by atoms with Crippen molar-refractivity contribution in [2.24, 2.45) is 10.4 Å². The van der Waals surface area contributed by atoms with Crippen LogP contribution in [-0.4, -0.2) is 75.0 Å². The SMILES string of the molecule is CCN(CC)CCCN=C[C@@]1(CN(C)C)CCOC(C)(C)C1. The standard InChI is InChI=1S/C18H37N3O/c1-7-21(8-2)12-9-11-19-15-18(16-20(5)6)10-13-22-17(3,4)14-18/h15H,7-14,16H2,1-6H3/t18-/m1/s1. The van der Waals surface area contributed by atoms with Crippen molar-refractivity contribution in [1.29, 1.82) is 0 Å². The maximum absolute atomic E-state index is 5.90.